The molecule has 2 rings (SSSR count). The topological polar surface area (TPSA) is 157 Å². The Labute approximate surface area is 130 Å². The van der Waals surface area contributed by atoms with E-state index in [0.717, 1.165) is 6.33 Å². The second-order valence-corrected chi connectivity index (χ2v) is 4.10. The van der Waals surface area contributed by atoms with E-state index in [1.165, 1.54) is 13.2 Å². The summed E-state index contributed by atoms with van der Waals surface area (Å²) in [5.41, 5.74) is 6.51. The van der Waals surface area contributed by atoms with Gasteiger partial charge in [0.25, 0.3) is 5.91 Å². The summed E-state index contributed by atoms with van der Waals surface area (Å²) in [5, 5.41) is 11.1. The van der Waals surface area contributed by atoms with Crippen LogP contribution in [0.2, 0.25) is 0 Å². The van der Waals surface area contributed by atoms with Gasteiger partial charge in [-0.05, 0) is 12.1 Å². The molecule has 1 amide bonds. The smallest absolute Gasteiger partial charge is 0.356 e. The third-order valence-corrected chi connectivity index (χ3v) is 2.79. The molecule has 23 heavy (non-hydrogen) atoms. The molecule has 5 N–H and O–H groups in total. The number of nitrogens with two attached hydrogens (primary N) is 1. The van der Waals surface area contributed by atoms with Crippen LogP contribution in [-0.4, -0.2) is 27.9 Å². The molecule has 0 unspecified atom stereocenters. The number of methoxy groups -OCH3 is 1. The van der Waals surface area contributed by atoms with Crippen LogP contribution in [-0.2, 0) is 0 Å². The van der Waals surface area contributed by atoms with Gasteiger partial charge in [0.05, 0.1) is 17.6 Å². The van der Waals surface area contributed by atoms with Crippen LogP contribution in [0.4, 0.5) is 17.3 Å². The number of para-hydroxylation sites is 1. The van der Waals surface area contributed by atoms with Crippen LogP contribution in [0.5, 0.6) is 5.75 Å². The van der Waals surface area contributed by atoms with E-state index < -0.39 is 16.5 Å². The van der Waals surface area contributed by atoms with Crippen LogP contribution in [0.1, 0.15) is 10.4 Å². The third kappa shape index (κ3) is 3.41. The number of nitro groups is 1. The van der Waals surface area contributed by atoms with Crippen molar-refractivity contribution in [1.82, 2.24) is 15.4 Å². The van der Waals surface area contributed by atoms with Crippen molar-refractivity contribution in [2.24, 2.45) is 5.84 Å². The van der Waals surface area contributed by atoms with Gasteiger partial charge in [0.2, 0.25) is 11.6 Å². The highest BCUT2D eigenvalue weighted by Gasteiger charge is 2.23. The molecule has 0 aliphatic carbocycles. The van der Waals surface area contributed by atoms with Crippen LogP contribution >= 0.6 is 0 Å². The molecule has 11 heteroatoms. The Kier molecular flexibility index (Phi) is 4.84. The molecule has 0 aliphatic heterocycles. The second-order valence-electron chi connectivity index (χ2n) is 4.10. The van der Waals surface area contributed by atoms with Gasteiger partial charge in [0.15, 0.2) is 0 Å². The molecule has 0 saturated carbocycles. The van der Waals surface area contributed by atoms with Gasteiger partial charge in [-0.15, -0.1) is 0 Å². The molecule has 120 valence electrons. The summed E-state index contributed by atoms with van der Waals surface area (Å²) in [6.07, 6.45) is 1.06. The molecule has 1 heterocycles. The molecular weight excluding hydrogens is 306 g/mol. The Morgan fingerprint density at radius 1 is 1.30 bits per heavy atom. The van der Waals surface area contributed by atoms with Crippen LogP contribution < -0.4 is 26.9 Å². The average molecular weight is 319 g/mol. The number of hydrazine groups is 2. The zero-order chi connectivity index (χ0) is 16.8. The van der Waals surface area contributed by atoms with Crippen molar-refractivity contribution in [2.75, 3.05) is 18.0 Å². The standard InChI is InChI=1S/C12H13N7O4/c1-23-8-5-3-2-4-7(8)12(20)18-17-11-9(19(21)22)10(16-13)14-6-15-11/h2-6H,13H2,1H3,(H,18,20)(H2,14,15,16,17). The lowest BCUT2D eigenvalue weighted by atomic mass is 10.2. The van der Waals surface area contributed by atoms with E-state index in [4.69, 9.17) is 10.6 Å². The Hall–Kier alpha value is -3.47. The second kappa shape index (κ2) is 7.00. The molecule has 0 aliphatic rings. The van der Waals surface area contributed by atoms with Gasteiger partial charge in [-0.1, -0.05) is 12.1 Å². The molecule has 2 aromatic rings. The number of nitrogen functional groups attached to an aromatic ring is 1. The van der Waals surface area contributed by atoms with E-state index in [9.17, 15) is 14.9 Å². The van der Waals surface area contributed by atoms with Crippen molar-refractivity contribution in [3.63, 3.8) is 0 Å². The van der Waals surface area contributed by atoms with Crippen LogP contribution in [0.15, 0.2) is 30.6 Å². The van der Waals surface area contributed by atoms with Crippen molar-refractivity contribution >= 4 is 23.2 Å². The molecule has 0 spiro atoms. The van der Waals surface area contributed by atoms with Gasteiger partial charge in [-0.3, -0.25) is 25.8 Å². The Morgan fingerprint density at radius 3 is 2.65 bits per heavy atom. The minimum atomic E-state index is -0.729. The predicted octanol–water partition coefficient (Wildman–Crippen LogP) is 0.436. The number of rotatable bonds is 6. The third-order valence-electron chi connectivity index (χ3n) is 2.79. The van der Waals surface area contributed by atoms with Crippen LogP contribution in [0.25, 0.3) is 0 Å². The fourth-order valence-corrected chi connectivity index (χ4v) is 1.76. The van der Waals surface area contributed by atoms with E-state index >= 15 is 0 Å². The number of aromatic nitrogens is 2. The zero-order valence-corrected chi connectivity index (χ0v) is 11.9. The van der Waals surface area contributed by atoms with Crippen molar-refractivity contribution in [1.29, 1.82) is 0 Å². The Bertz CT molecular complexity index is 737. The summed E-state index contributed by atoms with van der Waals surface area (Å²) >= 11 is 0. The Balaban J connectivity index is 2.21. The minimum Gasteiger partial charge on any atom is -0.496 e. The quantitative estimate of drug-likeness (QED) is 0.336. The largest absolute Gasteiger partial charge is 0.496 e. The molecule has 0 saturated heterocycles. The normalized spacial score (nSPS) is 9.83. The first-order chi connectivity index (χ1) is 11.1. The molecule has 0 fully saturated rings. The van der Waals surface area contributed by atoms with Gasteiger partial charge in [0, 0.05) is 0 Å². The number of hydrogen-bond donors (Lipinski definition) is 4. The lowest BCUT2D eigenvalue weighted by Crippen LogP contribution is -2.30. The fraction of sp³-hybridized carbons (Fsp3) is 0.0833. The maximum absolute atomic E-state index is 12.1. The van der Waals surface area contributed by atoms with Crippen LogP contribution in [0.3, 0.4) is 0 Å². The lowest BCUT2D eigenvalue weighted by Gasteiger charge is -2.11. The maximum Gasteiger partial charge on any atom is 0.356 e. The summed E-state index contributed by atoms with van der Waals surface area (Å²) in [7, 11) is 1.42. The first-order valence-electron chi connectivity index (χ1n) is 6.23. The highest BCUT2D eigenvalue weighted by atomic mass is 16.6. The van der Waals surface area contributed by atoms with Crippen molar-refractivity contribution < 1.29 is 14.5 Å². The van der Waals surface area contributed by atoms with E-state index in [1.807, 2.05) is 0 Å². The number of benzene rings is 1. The number of hydrogen-bond acceptors (Lipinski definition) is 9. The van der Waals surface area contributed by atoms with E-state index in [2.05, 4.69) is 26.2 Å². The number of nitrogens with zero attached hydrogens (tertiary/aromatic N) is 3. The van der Waals surface area contributed by atoms with Gasteiger partial charge in [-0.2, -0.15) is 0 Å². The fourth-order valence-electron chi connectivity index (χ4n) is 1.76. The molecular formula is C12H13N7O4. The zero-order valence-electron chi connectivity index (χ0n) is 11.9. The summed E-state index contributed by atoms with van der Waals surface area (Å²) in [6.45, 7) is 0. The Morgan fingerprint density at radius 2 is 2.00 bits per heavy atom. The van der Waals surface area contributed by atoms with Crippen molar-refractivity contribution in [2.45, 2.75) is 0 Å². The monoisotopic (exact) mass is 319 g/mol. The first-order valence-corrected chi connectivity index (χ1v) is 6.23. The number of carbonyl (C=O) groups is 1. The molecule has 1 aromatic heterocycles. The van der Waals surface area contributed by atoms with Gasteiger partial charge < -0.3 is 10.2 Å². The number of amides is 1. The van der Waals surface area contributed by atoms with Crippen molar-refractivity contribution in [3.05, 3.63) is 46.3 Å². The average Bonchev–Trinajstić information content (AvgIpc) is 2.58. The van der Waals surface area contributed by atoms with E-state index in [-0.39, 0.29) is 17.2 Å². The minimum absolute atomic E-state index is 0.195. The first kappa shape index (κ1) is 15.9. The molecule has 1 aromatic carbocycles. The lowest BCUT2D eigenvalue weighted by molar-refractivity contribution is -0.383. The summed E-state index contributed by atoms with van der Waals surface area (Å²) < 4.78 is 5.07. The highest BCUT2D eigenvalue weighted by Crippen LogP contribution is 2.27. The summed E-state index contributed by atoms with van der Waals surface area (Å²) in [4.78, 5) is 29.8. The molecule has 0 atom stereocenters. The van der Waals surface area contributed by atoms with Gasteiger partial charge >= 0.3 is 5.69 Å². The van der Waals surface area contributed by atoms with Gasteiger partial charge in [-0.25, -0.2) is 15.8 Å². The number of anilines is 2. The molecule has 0 bridgehead atoms. The van der Waals surface area contributed by atoms with E-state index in [0.29, 0.717) is 5.75 Å². The highest BCUT2D eigenvalue weighted by molar-refractivity contribution is 5.97. The van der Waals surface area contributed by atoms with Crippen molar-refractivity contribution in [3.8, 4) is 5.75 Å². The van der Waals surface area contributed by atoms with Gasteiger partial charge in [0.1, 0.15) is 12.1 Å². The van der Waals surface area contributed by atoms with E-state index in [1.54, 1.807) is 18.2 Å². The SMILES string of the molecule is COc1ccccc1C(=O)NNc1ncnc(NN)c1[N+](=O)[O-]. The number of ether oxygens (including phenoxy) is 1. The number of carbonyl (C=O) groups excluding carboxylic acids is 1. The summed E-state index contributed by atoms with van der Waals surface area (Å²) in [5.74, 6) is 4.55. The van der Waals surface area contributed by atoms with Crippen LogP contribution in [0, 0.1) is 10.1 Å². The number of nitrogens with one attached hydrogen (secondary N) is 3. The molecule has 0 radical (unpaired) electrons. The maximum atomic E-state index is 12.1. The molecule has 11 nitrogen and oxygen atoms in total. The summed E-state index contributed by atoms with van der Waals surface area (Å²) in [6, 6.07) is 6.51. The predicted molar refractivity (Wildman–Crippen MR) is 80.6 cm³/mol.